The highest BCUT2D eigenvalue weighted by Gasteiger charge is 2.75. The third-order valence-corrected chi connectivity index (χ3v) is 9.11. The summed E-state index contributed by atoms with van der Waals surface area (Å²) in [7, 11) is 0. The molecule has 1 aliphatic rings. The van der Waals surface area contributed by atoms with Gasteiger partial charge in [-0.2, -0.15) is 26.3 Å². The van der Waals surface area contributed by atoms with Crippen molar-refractivity contribution in [3.8, 4) is 0 Å². The van der Waals surface area contributed by atoms with Crippen molar-refractivity contribution < 1.29 is 54.8 Å². The molecule has 0 N–H and O–H groups in total. The quantitative estimate of drug-likeness (QED) is 0.0933. The lowest BCUT2D eigenvalue weighted by atomic mass is 9.91. The zero-order valence-electron chi connectivity index (χ0n) is 29.6. The van der Waals surface area contributed by atoms with Crippen molar-refractivity contribution in [2.75, 3.05) is 6.61 Å². The van der Waals surface area contributed by atoms with E-state index in [2.05, 4.69) is 0 Å². The van der Waals surface area contributed by atoms with Gasteiger partial charge in [0.15, 0.2) is 6.29 Å². The molecule has 0 saturated carbocycles. The van der Waals surface area contributed by atoms with E-state index in [4.69, 9.17) is 28.4 Å². The Morgan fingerprint density at radius 1 is 0.436 bits per heavy atom. The number of ether oxygens (including phenoxy) is 6. The van der Waals surface area contributed by atoms with Gasteiger partial charge in [-0.25, -0.2) is 0 Å². The predicted octanol–water partition coefficient (Wildman–Crippen LogP) is 9.72. The molecule has 1 aliphatic heterocycles. The summed E-state index contributed by atoms with van der Waals surface area (Å²) in [4.78, 5) is 0. The van der Waals surface area contributed by atoms with Gasteiger partial charge in [0, 0.05) is 5.56 Å². The van der Waals surface area contributed by atoms with Crippen molar-refractivity contribution in [1.82, 2.24) is 0 Å². The maximum Gasteiger partial charge on any atom is 0.430 e. The second-order valence-electron chi connectivity index (χ2n) is 13.0. The van der Waals surface area contributed by atoms with Crippen molar-refractivity contribution in [3.63, 3.8) is 0 Å². The van der Waals surface area contributed by atoms with E-state index in [1.165, 1.54) is 6.07 Å². The summed E-state index contributed by atoms with van der Waals surface area (Å²) in [5.41, 5.74) is -3.18. The molecule has 55 heavy (non-hydrogen) atoms. The number of benzene rings is 5. The average Bonchev–Trinajstić information content (AvgIpc) is 3.19. The van der Waals surface area contributed by atoms with Crippen LogP contribution in [0.2, 0.25) is 0 Å². The van der Waals surface area contributed by atoms with E-state index in [-0.39, 0.29) is 33.0 Å². The van der Waals surface area contributed by atoms with E-state index in [0.717, 1.165) is 35.4 Å². The lowest BCUT2D eigenvalue weighted by molar-refractivity contribution is -0.442. The molecule has 0 spiro atoms. The molecule has 5 aromatic rings. The molecule has 290 valence electrons. The van der Waals surface area contributed by atoms with E-state index < -0.39 is 54.2 Å². The van der Waals surface area contributed by atoms with E-state index in [1.807, 2.05) is 60.7 Å². The molecule has 0 amide bonds. The van der Waals surface area contributed by atoms with Crippen molar-refractivity contribution in [2.24, 2.45) is 0 Å². The molecule has 0 radical (unpaired) electrons. The monoisotopic (exact) mass is 766 g/mol. The van der Waals surface area contributed by atoms with Gasteiger partial charge in [-0.1, -0.05) is 152 Å². The molecule has 1 saturated heterocycles. The third kappa shape index (κ3) is 10.0. The third-order valence-electron chi connectivity index (χ3n) is 9.11. The molecule has 5 aromatic carbocycles. The summed E-state index contributed by atoms with van der Waals surface area (Å²) in [6.07, 6.45) is -19.7. The Morgan fingerprint density at radius 3 is 1.22 bits per heavy atom. The summed E-state index contributed by atoms with van der Waals surface area (Å²) in [6.45, 7) is -0.544. The molecule has 1 heterocycles. The standard InChI is InChI=1S/C43H40F6O6/c44-42(45,46)41(43(47,48)49,35-24-14-5-15-25-35)55-40-39(53-29-34-22-12-4-13-23-34)38(52-28-33-20-10-3-11-21-33)37(51-27-32-18-8-2-9-19-32)36(54-40)30-50-26-31-16-6-1-7-17-31/h1-25,36-40H,26-30H2/t36-,37-,38+,39-,40-/m1/s1. The van der Waals surface area contributed by atoms with Gasteiger partial charge in [-0.3, -0.25) is 0 Å². The first-order valence-electron chi connectivity index (χ1n) is 17.7. The first kappa shape index (κ1) is 40.1. The molecule has 5 atom stereocenters. The molecule has 6 nitrogen and oxygen atoms in total. The molecule has 6 rings (SSSR count). The van der Waals surface area contributed by atoms with Crippen molar-refractivity contribution in [3.05, 3.63) is 179 Å². The fourth-order valence-electron chi connectivity index (χ4n) is 6.38. The van der Waals surface area contributed by atoms with Crippen molar-refractivity contribution in [2.45, 2.75) is 75.1 Å². The fourth-order valence-corrected chi connectivity index (χ4v) is 6.38. The number of halogens is 6. The van der Waals surface area contributed by atoms with Crippen LogP contribution in [-0.4, -0.2) is 49.7 Å². The Balaban J connectivity index is 1.44. The first-order chi connectivity index (χ1) is 26.5. The summed E-state index contributed by atoms with van der Waals surface area (Å²) in [5.74, 6) is 0. The van der Waals surface area contributed by atoms with Gasteiger partial charge in [-0.15, -0.1) is 0 Å². The normalized spacial score (nSPS) is 20.7. The Labute approximate surface area is 315 Å². The maximum absolute atomic E-state index is 15.2. The molecular formula is C43H40F6O6. The first-order valence-corrected chi connectivity index (χ1v) is 17.7. The van der Waals surface area contributed by atoms with Crippen LogP contribution in [0.3, 0.4) is 0 Å². The lowest BCUT2D eigenvalue weighted by Crippen LogP contribution is -2.66. The Hall–Kier alpha value is -4.56. The second-order valence-corrected chi connectivity index (χ2v) is 13.0. The number of hydrogen-bond donors (Lipinski definition) is 0. The largest absolute Gasteiger partial charge is 0.430 e. The van der Waals surface area contributed by atoms with Gasteiger partial charge in [0.2, 0.25) is 0 Å². The van der Waals surface area contributed by atoms with Gasteiger partial charge in [0.25, 0.3) is 5.60 Å². The molecular weight excluding hydrogens is 726 g/mol. The maximum atomic E-state index is 15.2. The average molecular weight is 767 g/mol. The Morgan fingerprint density at radius 2 is 0.800 bits per heavy atom. The van der Waals surface area contributed by atoms with Crippen LogP contribution in [-0.2, 0) is 60.4 Å². The molecule has 0 aliphatic carbocycles. The van der Waals surface area contributed by atoms with E-state index in [9.17, 15) is 0 Å². The summed E-state index contributed by atoms with van der Waals surface area (Å²) < 4.78 is 128. The zero-order valence-corrected chi connectivity index (χ0v) is 29.6. The minimum Gasteiger partial charge on any atom is -0.374 e. The van der Waals surface area contributed by atoms with E-state index >= 15 is 26.3 Å². The SMILES string of the molecule is FC(F)(F)C(O[C@H]1O[C@H](COCc2ccccc2)[C@@H](OCc2ccccc2)[C@H](OCc2ccccc2)[C@H]1OCc1ccccc1)(c1ccccc1)C(F)(F)F. The minimum atomic E-state index is -6.00. The van der Waals surface area contributed by atoms with Crippen molar-refractivity contribution >= 4 is 0 Å². The molecule has 0 aromatic heterocycles. The molecule has 0 unspecified atom stereocenters. The van der Waals surface area contributed by atoms with Crippen LogP contribution in [0.25, 0.3) is 0 Å². The summed E-state index contributed by atoms with van der Waals surface area (Å²) >= 11 is 0. The minimum absolute atomic E-state index is 0.00519. The van der Waals surface area contributed by atoms with Crippen molar-refractivity contribution in [1.29, 1.82) is 0 Å². The summed E-state index contributed by atoms with van der Waals surface area (Å²) in [5, 5.41) is 0. The fraction of sp³-hybridized carbons (Fsp3) is 0.302. The van der Waals surface area contributed by atoms with Crippen LogP contribution < -0.4 is 0 Å². The highest BCUT2D eigenvalue weighted by molar-refractivity contribution is 5.27. The molecule has 0 bridgehead atoms. The van der Waals surface area contributed by atoms with E-state index in [1.54, 1.807) is 60.7 Å². The van der Waals surface area contributed by atoms with Crippen LogP contribution in [0.5, 0.6) is 0 Å². The van der Waals surface area contributed by atoms with Gasteiger partial charge in [0.05, 0.1) is 33.0 Å². The number of hydrogen-bond acceptors (Lipinski definition) is 6. The number of alkyl halides is 6. The van der Waals surface area contributed by atoms with E-state index in [0.29, 0.717) is 11.1 Å². The zero-order chi connectivity index (χ0) is 38.7. The Bertz CT molecular complexity index is 1830. The molecule has 12 heteroatoms. The second kappa shape index (κ2) is 18.4. The van der Waals surface area contributed by atoms with Crippen LogP contribution in [0, 0.1) is 0 Å². The van der Waals surface area contributed by atoms with Gasteiger partial charge in [0.1, 0.15) is 24.4 Å². The van der Waals surface area contributed by atoms with Crippen LogP contribution in [0.15, 0.2) is 152 Å². The van der Waals surface area contributed by atoms with Crippen LogP contribution in [0.4, 0.5) is 26.3 Å². The molecule has 1 fully saturated rings. The number of rotatable bonds is 16. The van der Waals surface area contributed by atoms with Gasteiger partial charge >= 0.3 is 12.4 Å². The highest BCUT2D eigenvalue weighted by Crippen LogP contribution is 2.54. The van der Waals surface area contributed by atoms with Crippen LogP contribution >= 0.6 is 0 Å². The van der Waals surface area contributed by atoms with Gasteiger partial charge < -0.3 is 28.4 Å². The Kier molecular flexibility index (Phi) is 13.4. The van der Waals surface area contributed by atoms with Gasteiger partial charge in [-0.05, 0) is 22.3 Å². The lowest BCUT2D eigenvalue weighted by Gasteiger charge is -2.49. The topological polar surface area (TPSA) is 55.4 Å². The highest BCUT2D eigenvalue weighted by atomic mass is 19.4. The van der Waals surface area contributed by atoms with Crippen LogP contribution in [0.1, 0.15) is 27.8 Å². The summed E-state index contributed by atoms with van der Waals surface area (Å²) in [6, 6.07) is 40.7. The smallest absolute Gasteiger partial charge is 0.374 e. The predicted molar refractivity (Wildman–Crippen MR) is 191 cm³/mol.